The molecule has 29 heavy (non-hydrogen) atoms. The molecule has 0 aliphatic carbocycles. The first-order chi connectivity index (χ1) is 14.0. The molecule has 0 bridgehead atoms. The smallest absolute Gasteiger partial charge is 0.335 e. The number of fused-ring (bicyclic) bond motifs is 1. The summed E-state index contributed by atoms with van der Waals surface area (Å²) in [7, 11) is 0. The molecule has 0 atom stereocenters. The van der Waals surface area contributed by atoms with Crippen LogP contribution in [0.3, 0.4) is 0 Å². The molecule has 0 radical (unpaired) electrons. The lowest BCUT2D eigenvalue weighted by Gasteiger charge is -2.04. The average Bonchev–Trinajstić information content (AvgIpc) is 3.20. The quantitative estimate of drug-likeness (QED) is 0.430. The maximum absolute atomic E-state index is 11.3. The fraction of sp³-hybridized carbons (Fsp3) is 0.0400. The summed E-state index contributed by atoms with van der Waals surface area (Å²) in [5.41, 5.74) is 3.14. The number of nitrogens with zero attached hydrogens (tertiary/aromatic N) is 1. The van der Waals surface area contributed by atoms with Crippen LogP contribution in [0.25, 0.3) is 33.7 Å². The van der Waals surface area contributed by atoms with Crippen LogP contribution >= 0.6 is 0 Å². The van der Waals surface area contributed by atoms with Crippen LogP contribution in [0.1, 0.15) is 27.2 Å². The van der Waals surface area contributed by atoms with Crippen LogP contribution in [0.2, 0.25) is 0 Å². The van der Waals surface area contributed by atoms with Crippen molar-refractivity contribution in [2.75, 3.05) is 0 Å². The molecule has 0 aliphatic rings. The first kappa shape index (κ1) is 18.3. The highest BCUT2D eigenvalue weighted by Crippen LogP contribution is 2.29. The number of benzene rings is 3. The Morgan fingerprint density at radius 3 is 2.48 bits per heavy atom. The maximum atomic E-state index is 11.3. The zero-order valence-corrected chi connectivity index (χ0v) is 15.7. The molecule has 0 amide bonds. The third-order valence-corrected chi connectivity index (χ3v) is 4.84. The Morgan fingerprint density at radius 1 is 0.966 bits per heavy atom. The number of furan rings is 1. The summed E-state index contributed by atoms with van der Waals surface area (Å²) in [4.78, 5) is 11.3. The topological polar surface area (TPSA) is 74.2 Å². The number of carbonyl (C=O) groups is 1. The molecular weight excluding hydrogens is 362 g/mol. The molecule has 1 heterocycles. The van der Waals surface area contributed by atoms with E-state index in [0.717, 1.165) is 21.9 Å². The van der Waals surface area contributed by atoms with Crippen LogP contribution < -0.4 is 0 Å². The summed E-state index contributed by atoms with van der Waals surface area (Å²) >= 11 is 0. The number of carboxylic acid groups (broad SMARTS) is 1. The standard InChI is InChI=1S/C25H17NO3/c1-16-6-7-20(25(27)28)14-23(16)24-11-10-22(29-24)13-21(15-26)19-9-8-17-4-2-3-5-18(17)12-19/h2-14H,1H3,(H,27,28)/b21-13-. The van der Waals surface area contributed by atoms with Crippen LogP contribution in [0.5, 0.6) is 0 Å². The Kier molecular flexibility index (Phi) is 4.72. The SMILES string of the molecule is Cc1ccc(C(=O)O)cc1-c1ccc(/C=C(/C#N)c2ccc3ccccc3c2)o1. The highest BCUT2D eigenvalue weighted by molar-refractivity contribution is 5.94. The lowest BCUT2D eigenvalue weighted by molar-refractivity contribution is 0.0697. The number of carboxylic acids is 1. The van der Waals surface area contributed by atoms with Crippen LogP contribution in [-0.2, 0) is 0 Å². The molecule has 1 N–H and O–H groups in total. The molecule has 4 nitrogen and oxygen atoms in total. The summed E-state index contributed by atoms with van der Waals surface area (Å²) < 4.78 is 5.91. The molecule has 140 valence electrons. The minimum absolute atomic E-state index is 0.202. The van der Waals surface area contributed by atoms with E-state index in [1.807, 2.05) is 49.4 Å². The lowest BCUT2D eigenvalue weighted by atomic mass is 10.0. The van der Waals surface area contributed by atoms with Gasteiger partial charge in [0, 0.05) is 5.56 Å². The molecule has 0 saturated heterocycles. The van der Waals surface area contributed by atoms with E-state index in [1.54, 1.807) is 36.4 Å². The third kappa shape index (κ3) is 3.67. The molecule has 0 aliphatic heterocycles. The van der Waals surface area contributed by atoms with Crippen molar-refractivity contribution in [3.63, 3.8) is 0 Å². The number of hydrogen-bond donors (Lipinski definition) is 1. The van der Waals surface area contributed by atoms with Gasteiger partial charge in [0.05, 0.1) is 17.2 Å². The summed E-state index contributed by atoms with van der Waals surface area (Å²) in [5.74, 6) is 0.110. The van der Waals surface area contributed by atoms with Crippen molar-refractivity contribution in [1.82, 2.24) is 0 Å². The van der Waals surface area contributed by atoms with E-state index in [0.29, 0.717) is 22.7 Å². The molecule has 0 fully saturated rings. The molecule has 0 saturated carbocycles. The van der Waals surface area contributed by atoms with Crippen molar-refractivity contribution >= 4 is 28.4 Å². The third-order valence-electron chi connectivity index (χ3n) is 4.84. The fourth-order valence-electron chi connectivity index (χ4n) is 3.27. The zero-order valence-electron chi connectivity index (χ0n) is 15.7. The van der Waals surface area contributed by atoms with Crippen molar-refractivity contribution in [2.45, 2.75) is 6.92 Å². The number of hydrogen-bond acceptors (Lipinski definition) is 3. The van der Waals surface area contributed by atoms with E-state index in [1.165, 1.54) is 0 Å². The molecular formula is C25H17NO3. The van der Waals surface area contributed by atoms with Crippen molar-refractivity contribution in [2.24, 2.45) is 0 Å². The van der Waals surface area contributed by atoms with Gasteiger partial charge in [-0.3, -0.25) is 0 Å². The van der Waals surface area contributed by atoms with Gasteiger partial charge in [-0.25, -0.2) is 4.79 Å². The van der Waals surface area contributed by atoms with E-state index >= 15 is 0 Å². The summed E-state index contributed by atoms with van der Waals surface area (Å²) in [5, 5.41) is 21.1. The Balaban J connectivity index is 1.71. The molecule has 0 unspecified atom stereocenters. The Hall–Kier alpha value is -4.10. The second kappa shape index (κ2) is 7.49. The number of aryl methyl sites for hydroxylation is 1. The Morgan fingerprint density at radius 2 is 1.72 bits per heavy atom. The predicted molar refractivity (Wildman–Crippen MR) is 113 cm³/mol. The highest BCUT2D eigenvalue weighted by Gasteiger charge is 2.12. The van der Waals surface area contributed by atoms with Gasteiger partial charge in [-0.15, -0.1) is 0 Å². The summed E-state index contributed by atoms with van der Waals surface area (Å²) in [6.45, 7) is 1.90. The van der Waals surface area contributed by atoms with Gasteiger partial charge in [0.2, 0.25) is 0 Å². The summed E-state index contributed by atoms with van der Waals surface area (Å²) in [6.07, 6.45) is 1.70. The first-order valence-corrected chi connectivity index (χ1v) is 9.10. The Labute approximate surface area is 168 Å². The van der Waals surface area contributed by atoms with E-state index < -0.39 is 5.97 Å². The van der Waals surface area contributed by atoms with Gasteiger partial charge < -0.3 is 9.52 Å². The van der Waals surface area contributed by atoms with Crippen molar-refractivity contribution in [3.8, 4) is 17.4 Å². The maximum Gasteiger partial charge on any atom is 0.335 e. The molecule has 4 aromatic rings. The lowest BCUT2D eigenvalue weighted by Crippen LogP contribution is -1.96. The normalized spacial score (nSPS) is 11.4. The van der Waals surface area contributed by atoms with Gasteiger partial charge >= 0.3 is 5.97 Å². The van der Waals surface area contributed by atoms with Crippen molar-refractivity contribution in [1.29, 1.82) is 5.26 Å². The van der Waals surface area contributed by atoms with Crippen molar-refractivity contribution in [3.05, 3.63) is 95.2 Å². The second-order valence-electron chi connectivity index (χ2n) is 6.77. The first-order valence-electron chi connectivity index (χ1n) is 9.10. The average molecular weight is 379 g/mol. The number of aromatic carboxylic acids is 1. The van der Waals surface area contributed by atoms with Crippen LogP contribution in [0.4, 0.5) is 0 Å². The van der Waals surface area contributed by atoms with E-state index in [9.17, 15) is 15.2 Å². The van der Waals surface area contributed by atoms with E-state index in [2.05, 4.69) is 6.07 Å². The van der Waals surface area contributed by atoms with E-state index in [-0.39, 0.29) is 5.56 Å². The van der Waals surface area contributed by atoms with Crippen LogP contribution in [0.15, 0.2) is 77.2 Å². The van der Waals surface area contributed by atoms with Crippen LogP contribution in [-0.4, -0.2) is 11.1 Å². The van der Waals surface area contributed by atoms with E-state index in [4.69, 9.17) is 4.42 Å². The molecule has 1 aromatic heterocycles. The highest BCUT2D eigenvalue weighted by atomic mass is 16.4. The van der Waals surface area contributed by atoms with Gasteiger partial charge in [-0.05, 0) is 65.2 Å². The largest absolute Gasteiger partial charge is 0.478 e. The molecule has 3 aromatic carbocycles. The molecule has 0 spiro atoms. The molecule has 4 heteroatoms. The van der Waals surface area contributed by atoms with Crippen LogP contribution in [0, 0.1) is 18.3 Å². The van der Waals surface area contributed by atoms with Gasteiger partial charge in [0.15, 0.2) is 0 Å². The zero-order chi connectivity index (χ0) is 20.4. The fourth-order valence-corrected chi connectivity index (χ4v) is 3.27. The van der Waals surface area contributed by atoms with Gasteiger partial charge in [-0.1, -0.05) is 42.5 Å². The number of allylic oxidation sites excluding steroid dienone is 1. The Bertz CT molecular complexity index is 1310. The minimum Gasteiger partial charge on any atom is -0.478 e. The predicted octanol–water partition coefficient (Wildman–Crippen LogP) is 6.17. The second-order valence-corrected chi connectivity index (χ2v) is 6.77. The van der Waals surface area contributed by atoms with Gasteiger partial charge in [-0.2, -0.15) is 5.26 Å². The minimum atomic E-state index is -0.985. The molecule has 4 rings (SSSR count). The summed E-state index contributed by atoms with van der Waals surface area (Å²) in [6, 6.07) is 24.6. The monoisotopic (exact) mass is 379 g/mol. The van der Waals surface area contributed by atoms with Gasteiger partial charge in [0.25, 0.3) is 0 Å². The number of nitriles is 1. The van der Waals surface area contributed by atoms with Crippen molar-refractivity contribution < 1.29 is 14.3 Å². The number of rotatable bonds is 4. The van der Waals surface area contributed by atoms with Gasteiger partial charge in [0.1, 0.15) is 11.5 Å².